The molecule has 0 radical (unpaired) electrons. The highest BCUT2D eigenvalue weighted by Gasteiger charge is 2.31. The zero-order chi connectivity index (χ0) is 17.0. The van der Waals surface area contributed by atoms with Crippen molar-refractivity contribution in [3.05, 3.63) is 73.1 Å². The Hall–Kier alpha value is -2.33. The van der Waals surface area contributed by atoms with Gasteiger partial charge in [-0.2, -0.15) is 0 Å². The third-order valence-corrected chi connectivity index (χ3v) is 5.24. The summed E-state index contributed by atoms with van der Waals surface area (Å²) in [6.07, 6.45) is 3.66. The Morgan fingerprint density at radius 2 is 1.29 bits per heavy atom. The van der Waals surface area contributed by atoms with Gasteiger partial charge in [0, 0.05) is 24.5 Å². The van der Waals surface area contributed by atoms with Gasteiger partial charge in [-0.15, -0.1) is 0 Å². The third-order valence-electron chi connectivity index (χ3n) is 3.18. The van der Waals surface area contributed by atoms with Crippen LogP contribution in [0.3, 0.4) is 0 Å². The van der Waals surface area contributed by atoms with Crippen LogP contribution < -0.4 is 4.74 Å². The van der Waals surface area contributed by atoms with Crippen molar-refractivity contribution >= 4 is 10.9 Å². The Kier molecular flexibility index (Phi) is 4.86. The van der Waals surface area contributed by atoms with E-state index in [-0.39, 0.29) is 16.5 Å². The van der Waals surface area contributed by atoms with Crippen LogP contribution in [0.25, 0.3) is 0 Å². The smallest absolute Gasteiger partial charge is 0.259 e. The largest absolute Gasteiger partial charge is 0.488 e. The van der Waals surface area contributed by atoms with Crippen LogP contribution >= 0.6 is 0 Å². The summed E-state index contributed by atoms with van der Waals surface area (Å²) in [6, 6.07) is 20.3. The van der Waals surface area contributed by atoms with E-state index in [4.69, 9.17) is 4.74 Å². The standard InChI is InChI=1S/C20H21N2OS/c1-20(2,3)23-16-10-12-17(13-11-16)24(18-8-4-6-14-21-18)19-9-5-7-15-22-19/h4-15H,1-3H3/q+1. The lowest BCUT2D eigenvalue weighted by molar-refractivity contribution is 0.131. The molecule has 0 saturated carbocycles. The Labute approximate surface area is 146 Å². The zero-order valence-electron chi connectivity index (χ0n) is 14.1. The molecule has 0 spiro atoms. The minimum absolute atomic E-state index is 0.203. The average molecular weight is 337 g/mol. The van der Waals surface area contributed by atoms with Gasteiger partial charge in [-0.25, -0.2) is 9.97 Å². The van der Waals surface area contributed by atoms with Crippen molar-refractivity contribution in [1.82, 2.24) is 9.97 Å². The highest BCUT2D eigenvalue weighted by atomic mass is 32.2. The number of hydrogen-bond acceptors (Lipinski definition) is 3. The molecule has 0 unspecified atom stereocenters. The maximum atomic E-state index is 5.92. The maximum absolute atomic E-state index is 5.92. The molecule has 0 atom stereocenters. The van der Waals surface area contributed by atoms with E-state index in [1.165, 1.54) is 4.90 Å². The van der Waals surface area contributed by atoms with Crippen LogP contribution in [-0.4, -0.2) is 15.6 Å². The first-order valence-electron chi connectivity index (χ1n) is 7.88. The predicted molar refractivity (Wildman–Crippen MR) is 97.5 cm³/mol. The van der Waals surface area contributed by atoms with Gasteiger partial charge in [-0.1, -0.05) is 12.1 Å². The fourth-order valence-electron chi connectivity index (χ4n) is 2.28. The van der Waals surface area contributed by atoms with Gasteiger partial charge in [0.05, 0.1) is 0 Å². The van der Waals surface area contributed by atoms with Gasteiger partial charge in [0.1, 0.15) is 22.2 Å². The summed E-state index contributed by atoms with van der Waals surface area (Å²) in [7, 11) is -0.324. The van der Waals surface area contributed by atoms with Gasteiger partial charge in [0.2, 0.25) is 0 Å². The number of ether oxygens (including phenoxy) is 1. The quantitative estimate of drug-likeness (QED) is 0.645. The van der Waals surface area contributed by atoms with Crippen molar-refractivity contribution in [2.24, 2.45) is 0 Å². The van der Waals surface area contributed by atoms with E-state index in [1.807, 2.05) is 69.6 Å². The molecule has 0 aliphatic rings. The topological polar surface area (TPSA) is 35.0 Å². The van der Waals surface area contributed by atoms with Crippen LogP contribution in [0.2, 0.25) is 0 Å². The molecule has 3 rings (SSSR count). The molecular weight excluding hydrogens is 316 g/mol. The second kappa shape index (κ2) is 7.05. The molecule has 122 valence electrons. The van der Waals surface area contributed by atoms with E-state index in [1.54, 1.807) is 0 Å². The molecule has 1 aromatic carbocycles. The van der Waals surface area contributed by atoms with Gasteiger partial charge in [-0.3, -0.25) is 0 Å². The summed E-state index contributed by atoms with van der Waals surface area (Å²) in [5, 5.41) is 2.03. The second-order valence-electron chi connectivity index (χ2n) is 6.33. The first-order chi connectivity index (χ1) is 11.5. The fourth-order valence-corrected chi connectivity index (χ4v) is 4.15. The molecular formula is C20H21N2OS+. The molecule has 3 aromatic rings. The molecule has 0 aliphatic heterocycles. The molecule has 0 fully saturated rings. The summed E-state index contributed by atoms with van der Waals surface area (Å²) < 4.78 is 5.92. The molecule has 0 bridgehead atoms. The number of hydrogen-bond donors (Lipinski definition) is 0. The monoisotopic (exact) mass is 337 g/mol. The van der Waals surface area contributed by atoms with Gasteiger partial charge in [0.25, 0.3) is 10.1 Å². The van der Waals surface area contributed by atoms with E-state index < -0.39 is 0 Å². The van der Waals surface area contributed by atoms with Crippen LogP contribution in [0, 0.1) is 0 Å². The molecule has 0 saturated heterocycles. The molecule has 0 aliphatic carbocycles. The van der Waals surface area contributed by atoms with Gasteiger partial charge in [0.15, 0.2) is 4.90 Å². The van der Waals surface area contributed by atoms with E-state index in [9.17, 15) is 0 Å². The zero-order valence-corrected chi connectivity index (χ0v) is 15.0. The number of nitrogens with zero attached hydrogens (tertiary/aromatic N) is 2. The van der Waals surface area contributed by atoms with Crippen molar-refractivity contribution in [2.75, 3.05) is 0 Å². The van der Waals surface area contributed by atoms with E-state index in [0.717, 1.165) is 15.8 Å². The Morgan fingerprint density at radius 1 is 0.750 bits per heavy atom. The number of rotatable bonds is 4. The fraction of sp³-hybridized carbons (Fsp3) is 0.200. The first kappa shape index (κ1) is 16.5. The van der Waals surface area contributed by atoms with Gasteiger partial charge in [-0.05, 0) is 57.2 Å². The SMILES string of the molecule is CC(C)(C)Oc1ccc([S+](c2ccccn2)c2ccccn2)cc1. The normalized spacial score (nSPS) is 11.5. The maximum Gasteiger partial charge on any atom is 0.259 e. The number of aromatic nitrogens is 2. The average Bonchev–Trinajstić information content (AvgIpc) is 2.57. The van der Waals surface area contributed by atoms with Crippen molar-refractivity contribution in [3.8, 4) is 5.75 Å². The summed E-state index contributed by atoms with van der Waals surface area (Å²) in [6.45, 7) is 6.15. The molecule has 0 N–H and O–H groups in total. The Balaban J connectivity index is 1.98. The molecule has 3 nitrogen and oxygen atoms in total. The van der Waals surface area contributed by atoms with E-state index in [0.29, 0.717) is 0 Å². The van der Waals surface area contributed by atoms with Crippen LogP contribution in [0.1, 0.15) is 20.8 Å². The van der Waals surface area contributed by atoms with Crippen molar-refractivity contribution < 1.29 is 4.74 Å². The molecule has 4 heteroatoms. The lowest BCUT2D eigenvalue weighted by atomic mass is 10.2. The van der Waals surface area contributed by atoms with Crippen molar-refractivity contribution in [2.45, 2.75) is 41.3 Å². The summed E-state index contributed by atoms with van der Waals surface area (Å²) in [5.41, 5.74) is -0.203. The highest BCUT2D eigenvalue weighted by Crippen LogP contribution is 2.30. The highest BCUT2D eigenvalue weighted by molar-refractivity contribution is 7.96. The van der Waals surface area contributed by atoms with Crippen LogP contribution in [-0.2, 0) is 10.9 Å². The third kappa shape index (κ3) is 4.15. The molecule has 2 heterocycles. The molecule has 2 aromatic heterocycles. The van der Waals surface area contributed by atoms with Crippen LogP contribution in [0.4, 0.5) is 0 Å². The summed E-state index contributed by atoms with van der Waals surface area (Å²) >= 11 is 0. The molecule has 24 heavy (non-hydrogen) atoms. The Bertz CT molecular complexity index is 729. The van der Waals surface area contributed by atoms with Crippen LogP contribution in [0.5, 0.6) is 5.75 Å². The second-order valence-corrected chi connectivity index (χ2v) is 8.25. The minimum Gasteiger partial charge on any atom is -0.488 e. The van der Waals surface area contributed by atoms with Crippen molar-refractivity contribution in [1.29, 1.82) is 0 Å². The molecule has 0 amide bonds. The summed E-state index contributed by atoms with van der Waals surface area (Å²) in [4.78, 5) is 10.3. The predicted octanol–water partition coefficient (Wildman–Crippen LogP) is 4.75. The van der Waals surface area contributed by atoms with Crippen molar-refractivity contribution in [3.63, 3.8) is 0 Å². The summed E-state index contributed by atoms with van der Waals surface area (Å²) in [5.74, 6) is 0.872. The van der Waals surface area contributed by atoms with Gasteiger partial charge >= 0.3 is 0 Å². The van der Waals surface area contributed by atoms with Crippen LogP contribution in [0.15, 0.2) is 88.0 Å². The Morgan fingerprint density at radius 3 is 1.71 bits per heavy atom. The minimum atomic E-state index is -0.324. The van der Waals surface area contributed by atoms with E-state index in [2.05, 4.69) is 34.2 Å². The van der Waals surface area contributed by atoms with Gasteiger partial charge < -0.3 is 4.74 Å². The lowest BCUT2D eigenvalue weighted by Crippen LogP contribution is -2.22. The number of benzene rings is 1. The number of pyridine rings is 2. The first-order valence-corrected chi connectivity index (χ1v) is 9.11. The van der Waals surface area contributed by atoms with E-state index >= 15 is 0 Å². The lowest BCUT2D eigenvalue weighted by Gasteiger charge is -2.21.